The molecule has 0 spiro atoms. The van der Waals surface area contributed by atoms with Gasteiger partial charge in [-0.25, -0.2) is 8.42 Å². The number of nitrogens with one attached hydrogen (secondary N) is 1. The number of sulfone groups is 1. The van der Waals surface area contributed by atoms with Crippen LogP contribution in [0.2, 0.25) is 10.0 Å². The SMILES string of the molecule is CC(C)S(=O)(=O)c1ccccc1C(=O)NCCCOc1ccc(Cl)cc1Cl. The molecule has 0 aromatic heterocycles. The Morgan fingerprint density at radius 3 is 2.52 bits per heavy atom. The van der Waals surface area contributed by atoms with Gasteiger partial charge in [0, 0.05) is 11.6 Å². The summed E-state index contributed by atoms with van der Waals surface area (Å²) in [6, 6.07) is 11.2. The summed E-state index contributed by atoms with van der Waals surface area (Å²) in [7, 11) is -3.54. The Kier molecular flexibility index (Phi) is 7.53. The van der Waals surface area contributed by atoms with Gasteiger partial charge in [0.05, 0.1) is 27.3 Å². The second kappa shape index (κ2) is 9.44. The Balaban J connectivity index is 1.91. The van der Waals surface area contributed by atoms with Crippen molar-refractivity contribution in [2.75, 3.05) is 13.2 Å². The number of amides is 1. The van der Waals surface area contributed by atoms with Crippen LogP contribution in [-0.2, 0) is 9.84 Å². The molecule has 2 rings (SSSR count). The normalized spacial score (nSPS) is 11.4. The lowest BCUT2D eigenvalue weighted by Gasteiger charge is -2.13. The topological polar surface area (TPSA) is 72.5 Å². The van der Waals surface area contributed by atoms with Gasteiger partial charge in [-0.05, 0) is 50.6 Å². The maximum Gasteiger partial charge on any atom is 0.252 e. The largest absolute Gasteiger partial charge is 0.492 e. The second-order valence-corrected chi connectivity index (χ2v) is 9.44. The van der Waals surface area contributed by atoms with Crippen LogP contribution in [0.15, 0.2) is 47.4 Å². The Morgan fingerprint density at radius 2 is 1.85 bits per heavy atom. The molecule has 0 aliphatic carbocycles. The quantitative estimate of drug-likeness (QED) is 0.632. The van der Waals surface area contributed by atoms with Crippen LogP contribution in [-0.4, -0.2) is 32.7 Å². The van der Waals surface area contributed by atoms with Gasteiger partial charge in [0.2, 0.25) is 0 Å². The van der Waals surface area contributed by atoms with Crippen LogP contribution >= 0.6 is 23.2 Å². The zero-order chi connectivity index (χ0) is 20.0. The summed E-state index contributed by atoms with van der Waals surface area (Å²) in [5.41, 5.74) is 0.146. The van der Waals surface area contributed by atoms with Crippen LogP contribution in [0.5, 0.6) is 5.75 Å². The highest BCUT2D eigenvalue weighted by Gasteiger charge is 2.24. The molecule has 5 nitrogen and oxygen atoms in total. The first kappa shape index (κ1) is 21.5. The number of benzene rings is 2. The van der Waals surface area contributed by atoms with Gasteiger partial charge in [-0.2, -0.15) is 0 Å². The third-order valence-corrected chi connectivity index (χ3v) is 6.56. The summed E-state index contributed by atoms with van der Waals surface area (Å²) >= 11 is 11.9. The zero-order valence-electron chi connectivity index (χ0n) is 15.0. The van der Waals surface area contributed by atoms with E-state index in [-0.39, 0.29) is 10.5 Å². The van der Waals surface area contributed by atoms with E-state index in [4.69, 9.17) is 27.9 Å². The predicted octanol–water partition coefficient (Wildman–Crippen LogP) is 4.37. The van der Waals surface area contributed by atoms with Gasteiger partial charge in [0.1, 0.15) is 5.75 Å². The summed E-state index contributed by atoms with van der Waals surface area (Å²) in [5.74, 6) is 0.0834. The summed E-state index contributed by atoms with van der Waals surface area (Å²) in [5, 5.41) is 3.05. The highest BCUT2D eigenvalue weighted by Crippen LogP contribution is 2.27. The number of halogens is 2. The van der Waals surface area contributed by atoms with Gasteiger partial charge in [-0.1, -0.05) is 35.3 Å². The summed E-state index contributed by atoms with van der Waals surface area (Å²) < 4.78 is 30.4. The molecule has 8 heteroatoms. The molecule has 146 valence electrons. The minimum Gasteiger partial charge on any atom is -0.492 e. The van der Waals surface area contributed by atoms with E-state index in [0.717, 1.165) is 0 Å². The molecule has 0 radical (unpaired) electrons. The second-order valence-electron chi connectivity index (χ2n) is 6.12. The van der Waals surface area contributed by atoms with Crippen molar-refractivity contribution in [1.29, 1.82) is 0 Å². The van der Waals surface area contributed by atoms with E-state index in [0.29, 0.717) is 35.4 Å². The van der Waals surface area contributed by atoms with E-state index in [1.54, 1.807) is 44.2 Å². The fraction of sp³-hybridized carbons (Fsp3) is 0.316. The molecular weight excluding hydrogens is 409 g/mol. The van der Waals surface area contributed by atoms with Gasteiger partial charge >= 0.3 is 0 Å². The molecule has 0 aliphatic rings. The molecule has 0 fully saturated rings. The molecule has 27 heavy (non-hydrogen) atoms. The number of hydrogen-bond donors (Lipinski definition) is 1. The van der Waals surface area contributed by atoms with Crippen LogP contribution < -0.4 is 10.1 Å². The van der Waals surface area contributed by atoms with Gasteiger partial charge in [0.25, 0.3) is 5.91 Å². The van der Waals surface area contributed by atoms with E-state index >= 15 is 0 Å². The molecule has 0 unspecified atom stereocenters. The number of carbonyl (C=O) groups is 1. The number of hydrogen-bond acceptors (Lipinski definition) is 4. The third-order valence-electron chi connectivity index (χ3n) is 3.82. The van der Waals surface area contributed by atoms with Crippen molar-refractivity contribution in [3.05, 3.63) is 58.1 Å². The first-order valence-corrected chi connectivity index (χ1v) is 10.7. The minimum absolute atomic E-state index is 0.0432. The Morgan fingerprint density at radius 1 is 1.15 bits per heavy atom. The first-order valence-electron chi connectivity index (χ1n) is 8.42. The number of ether oxygens (including phenoxy) is 1. The average molecular weight is 430 g/mol. The lowest BCUT2D eigenvalue weighted by Crippen LogP contribution is -2.28. The molecule has 0 aliphatic heterocycles. The lowest BCUT2D eigenvalue weighted by molar-refractivity contribution is 0.0948. The minimum atomic E-state index is -3.54. The fourth-order valence-corrected chi connectivity index (χ4v) is 4.01. The molecule has 0 atom stereocenters. The smallest absolute Gasteiger partial charge is 0.252 e. The van der Waals surface area contributed by atoms with E-state index in [1.807, 2.05) is 0 Å². The van der Waals surface area contributed by atoms with Crippen LogP contribution in [0, 0.1) is 0 Å². The third kappa shape index (κ3) is 5.61. The van der Waals surface area contributed by atoms with Gasteiger partial charge in [-0.15, -0.1) is 0 Å². The highest BCUT2D eigenvalue weighted by molar-refractivity contribution is 7.92. The van der Waals surface area contributed by atoms with Crippen molar-refractivity contribution in [3.63, 3.8) is 0 Å². The Labute approximate surface area is 169 Å². The maximum atomic E-state index is 12.4. The van der Waals surface area contributed by atoms with Crippen molar-refractivity contribution in [1.82, 2.24) is 5.32 Å². The van der Waals surface area contributed by atoms with Gasteiger partial charge < -0.3 is 10.1 Å². The molecule has 1 N–H and O–H groups in total. The number of carbonyl (C=O) groups excluding carboxylic acids is 1. The van der Waals surface area contributed by atoms with Crippen LogP contribution in [0.1, 0.15) is 30.6 Å². The van der Waals surface area contributed by atoms with Crippen LogP contribution in [0.4, 0.5) is 0 Å². The molecule has 2 aromatic rings. The molecule has 0 heterocycles. The summed E-state index contributed by atoms with van der Waals surface area (Å²) in [6.45, 7) is 3.85. The van der Waals surface area contributed by atoms with Crippen molar-refractivity contribution in [2.45, 2.75) is 30.4 Å². The van der Waals surface area contributed by atoms with E-state index in [1.165, 1.54) is 12.1 Å². The van der Waals surface area contributed by atoms with Crippen LogP contribution in [0.25, 0.3) is 0 Å². The molecule has 1 amide bonds. The van der Waals surface area contributed by atoms with E-state index in [9.17, 15) is 13.2 Å². The van der Waals surface area contributed by atoms with Gasteiger partial charge in [0.15, 0.2) is 9.84 Å². The lowest BCUT2D eigenvalue weighted by atomic mass is 10.2. The van der Waals surface area contributed by atoms with Crippen molar-refractivity contribution in [2.24, 2.45) is 0 Å². The van der Waals surface area contributed by atoms with E-state index < -0.39 is 21.0 Å². The van der Waals surface area contributed by atoms with Gasteiger partial charge in [-0.3, -0.25) is 4.79 Å². The maximum absolute atomic E-state index is 12.4. The summed E-state index contributed by atoms with van der Waals surface area (Å²) in [4.78, 5) is 12.5. The first-order chi connectivity index (χ1) is 12.7. The average Bonchev–Trinajstić information content (AvgIpc) is 2.62. The van der Waals surface area contributed by atoms with Crippen molar-refractivity contribution in [3.8, 4) is 5.75 Å². The zero-order valence-corrected chi connectivity index (χ0v) is 17.4. The molecule has 2 aromatic carbocycles. The Bertz CT molecular complexity index is 914. The molecule has 0 bridgehead atoms. The molecule has 0 saturated carbocycles. The molecular formula is C19H21Cl2NO4S. The standard InChI is InChI=1S/C19H21Cl2NO4S/c1-13(2)27(24,25)18-7-4-3-6-15(18)19(23)22-10-5-11-26-17-9-8-14(20)12-16(17)21/h3-4,6-9,12-13H,5,10-11H2,1-2H3,(H,22,23). The fourth-order valence-electron chi connectivity index (χ4n) is 2.30. The molecule has 0 saturated heterocycles. The van der Waals surface area contributed by atoms with Crippen molar-refractivity contribution >= 4 is 38.9 Å². The van der Waals surface area contributed by atoms with E-state index in [2.05, 4.69) is 5.32 Å². The summed E-state index contributed by atoms with van der Waals surface area (Å²) in [6.07, 6.45) is 0.532. The number of rotatable bonds is 8. The van der Waals surface area contributed by atoms with Crippen molar-refractivity contribution < 1.29 is 17.9 Å². The highest BCUT2D eigenvalue weighted by atomic mass is 35.5. The predicted molar refractivity (Wildman–Crippen MR) is 108 cm³/mol. The Hall–Kier alpha value is -1.76. The monoisotopic (exact) mass is 429 g/mol. The van der Waals surface area contributed by atoms with Crippen LogP contribution in [0.3, 0.4) is 0 Å².